The number of urea groups is 1. The van der Waals surface area contributed by atoms with Crippen molar-refractivity contribution >= 4 is 34.3 Å². The Bertz CT molecular complexity index is 919. The molecule has 0 radical (unpaired) electrons. The van der Waals surface area contributed by atoms with Crippen molar-refractivity contribution in [1.29, 1.82) is 0 Å². The highest BCUT2D eigenvalue weighted by Gasteiger charge is 2.49. The number of carbonyl (C=O) groups excluding carboxylic acids is 3. The molecule has 2 fully saturated rings. The van der Waals surface area contributed by atoms with E-state index in [1.807, 2.05) is 36.6 Å². The van der Waals surface area contributed by atoms with E-state index in [9.17, 15) is 14.4 Å². The molecule has 2 heterocycles. The Balaban J connectivity index is 1.45. The number of amides is 4. The van der Waals surface area contributed by atoms with Crippen LogP contribution in [0, 0.1) is 6.92 Å². The molecule has 2 N–H and O–H groups in total. The average Bonchev–Trinajstić information content (AvgIpc) is 3.34. The molecule has 4 amide bonds. The van der Waals surface area contributed by atoms with Gasteiger partial charge in [0.1, 0.15) is 12.1 Å². The Hall–Kier alpha value is -2.74. The van der Waals surface area contributed by atoms with Crippen molar-refractivity contribution in [2.75, 3.05) is 11.9 Å². The van der Waals surface area contributed by atoms with Crippen molar-refractivity contribution < 1.29 is 14.4 Å². The smallest absolute Gasteiger partial charge is 0.319 e. The highest BCUT2D eigenvalue weighted by Crippen LogP contribution is 2.40. The quantitative estimate of drug-likeness (QED) is 0.776. The van der Waals surface area contributed by atoms with Crippen molar-refractivity contribution in [2.45, 2.75) is 38.1 Å². The van der Waals surface area contributed by atoms with Gasteiger partial charge in [0.25, 0.3) is 5.91 Å². The molecule has 1 saturated heterocycles. The number of rotatable bonds is 5. The first-order valence-corrected chi connectivity index (χ1v) is 9.71. The number of imide groups is 1. The summed E-state index contributed by atoms with van der Waals surface area (Å²) in [4.78, 5) is 42.9. The fourth-order valence-corrected chi connectivity index (χ4v) is 3.94. The number of aryl methyl sites for hydroxylation is 1. The molecule has 8 heteroatoms. The van der Waals surface area contributed by atoms with Gasteiger partial charge in [-0.05, 0) is 32.3 Å². The third kappa shape index (κ3) is 3.32. The fraction of sp³-hybridized carbons (Fsp3) is 0.368. The first kappa shape index (κ1) is 17.7. The van der Waals surface area contributed by atoms with Gasteiger partial charge in [-0.3, -0.25) is 14.5 Å². The summed E-state index contributed by atoms with van der Waals surface area (Å²) >= 11 is 1.36. The van der Waals surface area contributed by atoms with Gasteiger partial charge < -0.3 is 10.6 Å². The highest BCUT2D eigenvalue weighted by atomic mass is 32.1. The van der Waals surface area contributed by atoms with Crippen molar-refractivity contribution in [1.82, 2.24) is 15.2 Å². The van der Waals surface area contributed by atoms with Gasteiger partial charge in [0, 0.05) is 11.3 Å². The Kier molecular flexibility index (Phi) is 4.22. The van der Waals surface area contributed by atoms with E-state index in [2.05, 4.69) is 15.6 Å². The maximum absolute atomic E-state index is 12.9. The number of benzene rings is 1. The highest BCUT2D eigenvalue weighted by molar-refractivity contribution is 7.13. The molecule has 140 valence electrons. The molecule has 27 heavy (non-hydrogen) atoms. The lowest BCUT2D eigenvalue weighted by atomic mass is 9.91. The normalized spacial score (nSPS) is 22.1. The van der Waals surface area contributed by atoms with Gasteiger partial charge in [-0.15, -0.1) is 11.3 Å². The van der Waals surface area contributed by atoms with E-state index < -0.39 is 23.4 Å². The summed E-state index contributed by atoms with van der Waals surface area (Å²) in [5.74, 6) is -0.374. The second-order valence-electron chi connectivity index (χ2n) is 7.21. The molecule has 1 aromatic heterocycles. The summed E-state index contributed by atoms with van der Waals surface area (Å²) in [6.07, 6.45) is 2.27. The first-order chi connectivity index (χ1) is 12.9. The van der Waals surface area contributed by atoms with Gasteiger partial charge in [0.05, 0.1) is 5.69 Å². The summed E-state index contributed by atoms with van der Waals surface area (Å²) < 4.78 is 0. The van der Waals surface area contributed by atoms with E-state index in [0.717, 1.165) is 29.0 Å². The van der Waals surface area contributed by atoms with Gasteiger partial charge in [-0.2, -0.15) is 0 Å². The number of nitrogens with one attached hydrogen (secondary N) is 2. The molecule has 7 nitrogen and oxygen atoms in total. The number of carbonyl (C=O) groups is 3. The van der Waals surface area contributed by atoms with E-state index >= 15 is 0 Å². The van der Waals surface area contributed by atoms with Crippen LogP contribution in [0.1, 0.15) is 42.5 Å². The predicted molar refractivity (Wildman–Crippen MR) is 101 cm³/mol. The molecule has 1 aliphatic heterocycles. The minimum Gasteiger partial charge on any atom is -0.319 e. The predicted octanol–water partition coefficient (Wildman–Crippen LogP) is 2.73. The monoisotopic (exact) mass is 384 g/mol. The SMILES string of the molecule is Cc1ccc([C@]2(C)NC(=O)N(CC(=O)Nc3nc(C4CC4)cs3)C2=O)cc1. The van der Waals surface area contributed by atoms with Gasteiger partial charge in [0.15, 0.2) is 5.13 Å². The second kappa shape index (κ2) is 6.45. The Morgan fingerprint density at radius 1 is 1.33 bits per heavy atom. The minimum atomic E-state index is -1.18. The number of aromatic nitrogens is 1. The summed E-state index contributed by atoms with van der Waals surface area (Å²) in [6.45, 7) is 3.26. The summed E-state index contributed by atoms with van der Waals surface area (Å²) in [6, 6.07) is 6.82. The second-order valence-corrected chi connectivity index (χ2v) is 8.07. The maximum Gasteiger partial charge on any atom is 0.325 e. The van der Waals surface area contributed by atoms with Crippen molar-refractivity contribution in [3.05, 3.63) is 46.5 Å². The van der Waals surface area contributed by atoms with Crippen molar-refractivity contribution in [3.63, 3.8) is 0 Å². The van der Waals surface area contributed by atoms with Crippen LogP contribution in [0.4, 0.5) is 9.93 Å². The van der Waals surface area contributed by atoms with Gasteiger partial charge >= 0.3 is 6.03 Å². The lowest BCUT2D eigenvalue weighted by Gasteiger charge is -2.22. The van der Waals surface area contributed by atoms with Crippen LogP contribution in [0.5, 0.6) is 0 Å². The third-order valence-electron chi connectivity index (χ3n) is 4.97. The standard InChI is InChI=1S/C19H20N4O3S/c1-11-3-7-13(8-4-11)19(2)16(25)23(18(26)22-19)9-15(24)21-17-20-14(10-27-17)12-5-6-12/h3-4,7-8,10,12H,5-6,9H2,1-2H3,(H,22,26)(H,20,21,24)/t19-/m0/s1. The van der Waals surface area contributed by atoms with Crippen LogP contribution >= 0.6 is 11.3 Å². The number of nitrogens with zero attached hydrogens (tertiary/aromatic N) is 2. The molecule has 1 aliphatic carbocycles. The molecule has 0 unspecified atom stereocenters. The molecular weight excluding hydrogens is 364 g/mol. The number of hydrogen-bond donors (Lipinski definition) is 2. The van der Waals surface area contributed by atoms with Crippen LogP contribution in [-0.4, -0.2) is 34.3 Å². The molecule has 0 spiro atoms. The average molecular weight is 384 g/mol. The molecular formula is C19H20N4O3S. The van der Waals surface area contributed by atoms with Crippen LogP contribution in [0.3, 0.4) is 0 Å². The van der Waals surface area contributed by atoms with Crippen LogP contribution in [0.15, 0.2) is 29.6 Å². The van der Waals surface area contributed by atoms with E-state index in [1.54, 1.807) is 6.92 Å². The van der Waals surface area contributed by atoms with Gasteiger partial charge in [-0.1, -0.05) is 29.8 Å². The number of hydrogen-bond acceptors (Lipinski definition) is 5. The lowest BCUT2D eigenvalue weighted by Crippen LogP contribution is -2.42. The Labute approximate surface area is 160 Å². The van der Waals surface area contributed by atoms with Gasteiger partial charge in [0.2, 0.25) is 5.91 Å². The molecule has 0 bridgehead atoms. The molecule has 4 rings (SSSR count). The van der Waals surface area contributed by atoms with E-state index in [0.29, 0.717) is 16.6 Å². The van der Waals surface area contributed by atoms with Crippen LogP contribution in [0.25, 0.3) is 0 Å². The molecule has 2 aromatic rings. The first-order valence-electron chi connectivity index (χ1n) is 8.83. The zero-order valence-electron chi connectivity index (χ0n) is 15.1. The minimum absolute atomic E-state index is 0.343. The number of thiazole rings is 1. The molecule has 2 aliphatic rings. The maximum atomic E-state index is 12.9. The van der Waals surface area contributed by atoms with Crippen LogP contribution < -0.4 is 10.6 Å². The summed E-state index contributed by atoms with van der Waals surface area (Å²) in [5.41, 5.74) is 1.57. The topological polar surface area (TPSA) is 91.4 Å². The molecule has 1 aromatic carbocycles. The third-order valence-corrected chi connectivity index (χ3v) is 5.75. The van der Waals surface area contributed by atoms with E-state index in [4.69, 9.17) is 0 Å². The fourth-order valence-electron chi connectivity index (χ4n) is 3.14. The van der Waals surface area contributed by atoms with Crippen LogP contribution in [0.2, 0.25) is 0 Å². The Morgan fingerprint density at radius 2 is 2.04 bits per heavy atom. The number of anilines is 1. The van der Waals surface area contributed by atoms with Crippen molar-refractivity contribution in [3.8, 4) is 0 Å². The largest absolute Gasteiger partial charge is 0.325 e. The summed E-state index contributed by atoms with van der Waals surface area (Å²) in [5, 5.41) is 7.82. The zero-order valence-corrected chi connectivity index (χ0v) is 15.9. The molecule has 1 atom stereocenters. The summed E-state index contributed by atoms with van der Waals surface area (Å²) in [7, 11) is 0. The van der Waals surface area contributed by atoms with Gasteiger partial charge in [-0.25, -0.2) is 9.78 Å². The lowest BCUT2D eigenvalue weighted by molar-refractivity contribution is -0.133. The van der Waals surface area contributed by atoms with E-state index in [1.165, 1.54) is 11.3 Å². The van der Waals surface area contributed by atoms with E-state index in [-0.39, 0.29) is 6.54 Å². The van der Waals surface area contributed by atoms with Crippen LogP contribution in [-0.2, 0) is 15.1 Å². The van der Waals surface area contributed by atoms with Crippen molar-refractivity contribution in [2.24, 2.45) is 0 Å². The Morgan fingerprint density at radius 3 is 2.70 bits per heavy atom. The zero-order chi connectivity index (χ0) is 19.2. The molecule has 1 saturated carbocycles.